The van der Waals surface area contributed by atoms with Crippen LogP contribution in [0.25, 0.3) is 10.9 Å². The maximum absolute atomic E-state index is 11.9. The second-order valence-corrected chi connectivity index (χ2v) is 4.24. The summed E-state index contributed by atoms with van der Waals surface area (Å²) in [6.45, 7) is 1.43. The van der Waals surface area contributed by atoms with Crippen LogP contribution in [0.15, 0.2) is 30.5 Å². The highest BCUT2D eigenvalue weighted by Crippen LogP contribution is 2.14. The first-order valence-electron chi connectivity index (χ1n) is 6.15. The van der Waals surface area contributed by atoms with Crippen LogP contribution in [0.1, 0.15) is 23.2 Å². The molecule has 0 aliphatic rings. The molecule has 18 heavy (non-hydrogen) atoms. The van der Waals surface area contributed by atoms with Crippen LogP contribution in [0.2, 0.25) is 0 Å². The number of amides is 1. The van der Waals surface area contributed by atoms with Gasteiger partial charge in [-0.2, -0.15) is 0 Å². The third-order valence-corrected chi connectivity index (χ3v) is 2.88. The zero-order valence-electron chi connectivity index (χ0n) is 10.5. The van der Waals surface area contributed by atoms with Crippen LogP contribution < -0.4 is 5.32 Å². The van der Waals surface area contributed by atoms with Crippen LogP contribution in [0.5, 0.6) is 0 Å². The molecule has 2 aromatic rings. The van der Waals surface area contributed by atoms with E-state index in [1.807, 2.05) is 30.5 Å². The molecule has 0 radical (unpaired) electrons. The molecule has 2 N–H and O–H groups in total. The number of carbonyl (C=O) groups is 1. The summed E-state index contributed by atoms with van der Waals surface area (Å²) in [6.07, 6.45) is 3.77. The van der Waals surface area contributed by atoms with Crippen LogP contribution in [0.3, 0.4) is 0 Å². The Balaban J connectivity index is 1.88. The van der Waals surface area contributed by atoms with Gasteiger partial charge in [0.25, 0.3) is 5.91 Å². The summed E-state index contributed by atoms with van der Waals surface area (Å²) in [7, 11) is 1.69. The maximum Gasteiger partial charge on any atom is 0.251 e. The number of ether oxygens (including phenoxy) is 1. The van der Waals surface area contributed by atoms with Gasteiger partial charge in [0.05, 0.1) is 0 Å². The summed E-state index contributed by atoms with van der Waals surface area (Å²) in [6, 6.07) is 7.62. The molecule has 4 nitrogen and oxygen atoms in total. The van der Waals surface area contributed by atoms with Gasteiger partial charge >= 0.3 is 0 Å². The molecule has 0 atom stereocenters. The lowest BCUT2D eigenvalue weighted by Crippen LogP contribution is -2.24. The number of H-pyrrole nitrogens is 1. The number of unbranched alkanes of at least 4 members (excludes halogenated alkanes) is 1. The summed E-state index contributed by atoms with van der Waals surface area (Å²) in [5.41, 5.74) is 1.75. The summed E-state index contributed by atoms with van der Waals surface area (Å²) >= 11 is 0. The molecule has 0 saturated carbocycles. The van der Waals surface area contributed by atoms with Crippen molar-refractivity contribution in [1.29, 1.82) is 0 Å². The Kier molecular flexibility index (Phi) is 4.36. The van der Waals surface area contributed by atoms with Crippen molar-refractivity contribution in [3.05, 3.63) is 36.0 Å². The smallest absolute Gasteiger partial charge is 0.251 e. The normalized spacial score (nSPS) is 10.7. The quantitative estimate of drug-likeness (QED) is 0.768. The lowest BCUT2D eigenvalue weighted by Gasteiger charge is -2.05. The monoisotopic (exact) mass is 246 g/mol. The van der Waals surface area contributed by atoms with Crippen molar-refractivity contribution in [2.75, 3.05) is 20.3 Å². The first-order valence-corrected chi connectivity index (χ1v) is 6.15. The van der Waals surface area contributed by atoms with Crippen LogP contribution in [0.4, 0.5) is 0 Å². The Hall–Kier alpha value is -1.81. The van der Waals surface area contributed by atoms with Gasteiger partial charge in [-0.1, -0.05) is 0 Å². The molecule has 96 valence electrons. The lowest BCUT2D eigenvalue weighted by molar-refractivity contribution is 0.0951. The first-order chi connectivity index (χ1) is 8.81. The van der Waals surface area contributed by atoms with Crippen LogP contribution in [0, 0.1) is 0 Å². The molecule has 0 aliphatic carbocycles. The zero-order chi connectivity index (χ0) is 12.8. The Labute approximate surface area is 106 Å². The number of methoxy groups -OCH3 is 1. The SMILES string of the molecule is COCCCCNC(=O)c1ccc2[nH]ccc2c1. The van der Waals surface area contributed by atoms with Crippen molar-refractivity contribution >= 4 is 16.8 Å². The number of benzene rings is 1. The second-order valence-electron chi connectivity index (χ2n) is 4.24. The van der Waals surface area contributed by atoms with E-state index in [4.69, 9.17) is 4.74 Å². The van der Waals surface area contributed by atoms with E-state index >= 15 is 0 Å². The molecule has 0 bridgehead atoms. The molecule has 0 aliphatic heterocycles. The summed E-state index contributed by atoms with van der Waals surface area (Å²) in [5.74, 6) is -0.0180. The van der Waals surface area contributed by atoms with Crippen molar-refractivity contribution in [1.82, 2.24) is 10.3 Å². The Morgan fingerprint density at radius 2 is 2.22 bits per heavy atom. The van der Waals surface area contributed by atoms with Gasteiger partial charge in [-0.3, -0.25) is 4.79 Å². The fraction of sp³-hybridized carbons (Fsp3) is 0.357. The Bertz CT molecular complexity index is 519. The van der Waals surface area contributed by atoms with Crippen molar-refractivity contribution in [2.24, 2.45) is 0 Å². The molecular weight excluding hydrogens is 228 g/mol. The summed E-state index contributed by atoms with van der Waals surface area (Å²) in [4.78, 5) is 15.0. The average Bonchev–Trinajstić information content (AvgIpc) is 2.85. The van der Waals surface area contributed by atoms with Crippen LogP contribution >= 0.6 is 0 Å². The van der Waals surface area contributed by atoms with E-state index in [2.05, 4.69) is 10.3 Å². The number of aromatic amines is 1. The molecule has 2 rings (SSSR count). The largest absolute Gasteiger partial charge is 0.385 e. The van der Waals surface area contributed by atoms with Gasteiger partial charge in [0.1, 0.15) is 0 Å². The minimum absolute atomic E-state index is 0.0180. The molecule has 1 aromatic carbocycles. The molecule has 0 spiro atoms. The fourth-order valence-corrected chi connectivity index (χ4v) is 1.87. The minimum Gasteiger partial charge on any atom is -0.385 e. The van der Waals surface area contributed by atoms with Gasteiger partial charge in [0, 0.05) is 42.9 Å². The predicted molar refractivity (Wildman–Crippen MR) is 71.7 cm³/mol. The Morgan fingerprint density at radius 3 is 3.06 bits per heavy atom. The highest BCUT2D eigenvalue weighted by Gasteiger charge is 2.05. The van der Waals surface area contributed by atoms with E-state index < -0.39 is 0 Å². The second kappa shape index (κ2) is 6.21. The van der Waals surface area contributed by atoms with E-state index in [9.17, 15) is 4.79 Å². The number of rotatable bonds is 6. The highest BCUT2D eigenvalue weighted by molar-refractivity contribution is 5.98. The topological polar surface area (TPSA) is 54.1 Å². The predicted octanol–water partition coefficient (Wildman–Crippen LogP) is 2.32. The van der Waals surface area contributed by atoms with E-state index in [0.717, 1.165) is 30.4 Å². The molecule has 1 amide bonds. The average molecular weight is 246 g/mol. The van der Waals surface area contributed by atoms with Crippen LogP contribution in [-0.4, -0.2) is 31.2 Å². The van der Waals surface area contributed by atoms with E-state index in [0.29, 0.717) is 12.1 Å². The van der Waals surface area contributed by atoms with Crippen molar-refractivity contribution in [3.8, 4) is 0 Å². The van der Waals surface area contributed by atoms with Crippen LogP contribution in [-0.2, 0) is 4.74 Å². The Morgan fingerprint density at radius 1 is 1.33 bits per heavy atom. The standard InChI is InChI=1S/C14H18N2O2/c1-18-9-3-2-7-16-14(17)12-4-5-13-11(10-12)6-8-15-13/h4-6,8,10,15H,2-3,7,9H2,1H3,(H,16,17). The van der Waals surface area contributed by atoms with Gasteiger partial charge in [-0.15, -0.1) is 0 Å². The molecule has 4 heteroatoms. The third-order valence-electron chi connectivity index (χ3n) is 2.88. The van der Waals surface area contributed by atoms with Crippen molar-refractivity contribution in [3.63, 3.8) is 0 Å². The van der Waals surface area contributed by atoms with Gasteiger partial charge in [0.15, 0.2) is 0 Å². The molecular formula is C14H18N2O2. The van der Waals surface area contributed by atoms with E-state index in [1.54, 1.807) is 7.11 Å². The number of hydrogen-bond donors (Lipinski definition) is 2. The van der Waals surface area contributed by atoms with Gasteiger partial charge in [-0.25, -0.2) is 0 Å². The molecule has 0 unspecified atom stereocenters. The number of carbonyl (C=O) groups excluding carboxylic acids is 1. The summed E-state index contributed by atoms with van der Waals surface area (Å²) in [5, 5.41) is 3.97. The maximum atomic E-state index is 11.9. The van der Waals surface area contributed by atoms with E-state index in [-0.39, 0.29) is 5.91 Å². The highest BCUT2D eigenvalue weighted by atomic mass is 16.5. The number of fused-ring (bicyclic) bond motifs is 1. The number of nitrogens with one attached hydrogen (secondary N) is 2. The lowest BCUT2D eigenvalue weighted by atomic mass is 10.1. The molecule has 0 saturated heterocycles. The molecule has 1 aromatic heterocycles. The van der Waals surface area contributed by atoms with Gasteiger partial charge in [-0.05, 0) is 37.1 Å². The fourth-order valence-electron chi connectivity index (χ4n) is 1.87. The summed E-state index contributed by atoms with van der Waals surface area (Å²) < 4.78 is 4.96. The number of hydrogen-bond acceptors (Lipinski definition) is 2. The van der Waals surface area contributed by atoms with Crippen molar-refractivity contribution < 1.29 is 9.53 Å². The zero-order valence-corrected chi connectivity index (χ0v) is 10.5. The first kappa shape index (κ1) is 12.6. The van der Waals surface area contributed by atoms with Crippen molar-refractivity contribution in [2.45, 2.75) is 12.8 Å². The van der Waals surface area contributed by atoms with Gasteiger partial charge in [0.2, 0.25) is 0 Å². The van der Waals surface area contributed by atoms with Gasteiger partial charge < -0.3 is 15.0 Å². The third kappa shape index (κ3) is 3.11. The molecule has 1 heterocycles. The van der Waals surface area contributed by atoms with E-state index in [1.165, 1.54) is 0 Å². The molecule has 0 fully saturated rings. The number of aromatic nitrogens is 1. The minimum atomic E-state index is -0.0180.